The van der Waals surface area contributed by atoms with Crippen molar-refractivity contribution in [3.63, 3.8) is 0 Å². The third-order valence-electron chi connectivity index (χ3n) is 5.07. The lowest BCUT2D eigenvalue weighted by atomic mass is 10.2. The number of thiocarbonyl (C=S) groups is 1. The van der Waals surface area contributed by atoms with Crippen molar-refractivity contribution in [2.75, 3.05) is 4.90 Å². The molecule has 3 aromatic rings. The summed E-state index contributed by atoms with van der Waals surface area (Å²) in [5.41, 5.74) is 2.52. The van der Waals surface area contributed by atoms with E-state index in [0.717, 1.165) is 29.1 Å². The maximum absolute atomic E-state index is 13.2. The van der Waals surface area contributed by atoms with E-state index < -0.39 is 11.7 Å². The second kappa shape index (κ2) is 8.42. The van der Waals surface area contributed by atoms with E-state index in [2.05, 4.69) is 0 Å². The molecule has 0 atom stereocenters. The molecule has 4 rings (SSSR count). The van der Waals surface area contributed by atoms with Crippen molar-refractivity contribution in [2.24, 2.45) is 0 Å². The number of rotatable bonds is 3. The van der Waals surface area contributed by atoms with Gasteiger partial charge in [-0.1, -0.05) is 41.6 Å². The van der Waals surface area contributed by atoms with Crippen molar-refractivity contribution in [1.82, 2.24) is 4.57 Å². The lowest BCUT2D eigenvalue weighted by Gasteiger charge is -2.14. The fourth-order valence-electron chi connectivity index (χ4n) is 3.57. The van der Waals surface area contributed by atoms with Gasteiger partial charge in [-0.25, -0.2) is 0 Å². The summed E-state index contributed by atoms with van der Waals surface area (Å²) in [4.78, 5) is 14.9. The van der Waals surface area contributed by atoms with Gasteiger partial charge in [0.2, 0.25) is 0 Å². The molecule has 164 valence electrons. The minimum atomic E-state index is -4.43. The molecule has 0 saturated carbocycles. The van der Waals surface area contributed by atoms with E-state index in [0.29, 0.717) is 25.6 Å². The molecule has 2 heterocycles. The van der Waals surface area contributed by atoms with Crippen LogP contribution in [0.1, 0.15) is 22.5 Å². The average molecular weight is 493 g/mol. The number of anilines is 1. The summed E-state index contributed by atoms with van der Waals surface area (Å²) in [7, 11) is 0. The molecule has 32 heavy (non-hydrogen) atoms. The summed E-state index contributed by atoms with van der Waals surface area (Å²) >= 11 is 12.5. The first-order chi connectivity index (χ1) is 15.1. The molecule has 1 amide bonds. The molecule has 0 radical (unpaired) electrons. The minimum absolute atomic E-state index is 0.258. The molecular formula is C23H16ClF3N2OS2. The predicted molar refractivity (Wildman–Crippen MR) is 127 cm³/mol. The number of nitrogens with zero attached hydrogens (tertiary/aromatic N) is 2. The highest BCUT2D eigenvalue weighted by molar-refractivity contribution is 8.27. The molecule has 1 aliphatic rings. The van der Waals surface area contributed by atoms with Crippen molar-refractivity contribution < 1.29 is 18.0 Å². The maximum atomic E-state index is 13.2. The van der Waals surface area contributed by atoms with E-state index in [-0.39, 0.29) is 5.91 Å². The Morgan fingerprint density at radius 1 is 1.03 bits per heavy atom. The lowest BCUT2D eigenvalue weighted by Crippen LogP contribution is -2.27. The Labute approximate surface area is 197 Å². The zero-order chi connectivity index (χ0) is 23.2. The molecule has 2 aromatic carbocycles. The van der Waals surface area contributed by atoms with Crippen LogP contribution in [0.15, 0.2) is 59.5 Å². The fourth-order valence-corrected chi connectivity index (χ4v) is 4.99. The van der Waals surface area contributed by atoms with Gasteiger partial charge in [0.1, 0.15) is 0 Å². The normalized spacial score (nSPS) is 15.8. The topological polar surface area (TPSA) is 25.2 Å². The molecule has 0 bridgehead atoms. The number of hydrogen-bond donors (Lipinski definition) is 0. The summed E-state index contributed by atoms with van der Waals surface area (Å²) in [6.07, 6.45) is -2.70. The van der Waals surface area contributed by atoms with Gasteiger partial charge in [0, 0.05) is 22.1 Å². The summed E-state index contributed by atoms with van der Waals surface area (Å²) in [5.74, 6) is -0.258. The fraction of sp³-hybridized carbons (Fsp3) is 0.130. The van der Waals surface area contributed by atoms with E-state index in [9.17, 15) is 18.0 Å². The van der Waals surface area contributed by atoms with Crippen molar-refractivity contribution in [1.29, 1.82) is 0 Å². The van der Waals surface area contributed by atoms with Gasteiger partial charge in [0.15, 0.2) is 4.32 Å². The zero-order valence-electron chi connectivity index (χ0n) is 16.9. The number of hydrogen-bond acceptors (Lipinski definition) is 3. The summed E-state index contributed by atoms with van der Waals surface area (Å²) in [5, 5.41) is 0.553. The minimum Gasteiger partial charge on any atom is -0.318 e. The number of amides is 1. The van der Waals surface area contributed by atoms with Crippen LogP contribution in [0.4, 0.5) is 18.9 Å². The van der Waals surface area contributed by atoms with E-state index in [1.165, 1.54) is 22.7 Å². The molecule has 1 fully saturated rings. The van der Waals surface area contributed by atoms with Crippen molar-refractivity contribution in [3.8, 4) is 5.69 Å². The average Bonchev–Trinajstić information content (AvgIpc) is 3.17. The van der Waals surface area contributed by atoms with E-state index in [4.69, 9.17) is 23.8 Å². The smallest absolute Gasteiger partial charge is 0.318 e. The monoisotopic (exact) mass is 492 g/mol. The van der Waals surface area contributed by atoms with Crippen LogP contribution in [0.5, 0.6) is 0 Å². The van der Waals surface area contributed by atoms with Gasteiger partial charge in [-0.3, -0.25) is 9.69 Å². The van der Waals surface area contributed by atoms with Crippen molar-refractivity contribution in [2.45, 2.75) is 20.0 Å². The number of benzene rings is 2. The van der Waals surface area contributed by atoms with E-state index >= 15 is 0 Å². The number of carbonyl (C=O) groups is 1. The second-order valence-electron chi connectivity index (χ2n) is 7.20. The summed E-state index contributed by atoms with van der Waals surface area (Å²) < 4.78 is 41.6. The van der Waals surface area contributed by atoms with Crippen molar-refractivity contribution in [3.05, 3.63) is 87.0 Å². The third-order valence-corrected chi connectivity index (χ3v) is 6.62. The van der Waals surface area contributed by atoms with Crippen LogP contribution in [-0.4, -0.2) is 14.8 Å². The number of carbonyl (C=O) groups excluding carboxylic acids is 1. The molecular weight excluding hydrogens is 477 g/mol. The van der Waals surface area contributed by atoms with Gasteiger partial charge in [0.25, 0.3) is 5.91 Å². The Morgan fingerprint density at radius 3 is 2.38 bits per heavy atom. The van der Waals surface area contributed by atoms with Gasteiger partial charge < -0.3 is 4.57 Å². The predicted octanol–water partition coefficient (Wildman–Crippen LogP) is 7.17. The van der Waals surface area contributed by atoms with Gasteiger partial charge in [-0.05, 0) is 74.0 Å². The summed E-state index contributed by atoms with van der Waals surface area (Å²) in [6, 6.07) is 13.8. The Hall–Kier alpha value is -2.55. The first kappa shape index (κ1) is 22.6. The second-order valence-corrected chi connectivity index (χ2v) is 9.32. The SMILES string of the molecule is Cc1cc(/C=C2/SC(=S)N(c3ccc(Cl)cc3)C2=O)c(C)n1-c1cccc(C(F)(F)F)c1. The Bertz CT molecular complexity index is 1260. The zero-order valence-corrected chi connectivity index (χ0v) is 19.3. The standard InChI is InChI=1S/C23H16ClF3N2OS2/c1-13-10-15(14(2)28(13)19-5-3-4-16(12-19)23(25,26)27)11-20-21(30)29(22(31)32-20)18-8-6-17(24)7-9-18/h3-12H,1-2H3/b20-11+. The molecule has 3 nitrogen and oxygen atoms in total. The van der Waals surface area contributed by atoms with Crippen LogP contribution in [0.2, 0.25) is 5.02 Å². The molecule has 1 saturated heterocycles. The Balaban J connectivity index is 1.70. The molecule has 1 aromatic heterocycles. The van der Waals surface area contributed by atoms with Gasteiger partial charge in [-0.2, -0.15) is 13.2 Å². The first-order valence-corrected chi connectivity index (χ1v) is 11.1. The highest BCUT2D eigenvalue weighted by Gasteiger charge is 2.34. The molecule has 0 unspecified atom stereocenters. The number of halogens is 4. The number of aromatic nitrogens is 1. The third kappa shape index (κ3) is 4.22. The number of alkyl halides is 3. The molecule has 0 N–H and O–H groups in total. The summed E-state index contributed by atoms with van der Waals surface area (Å²) in [6.45, 7) is 3.61. The van der Waals surface area contributed by atoms with Crippen LogP contribution in [-0.2, 0) is 11.0 Å². The Morgan fingerprint density at radius 2 is 1.72 bits per heavy atom. The highest BCUT2D eigenvalue weighted by atomic mass is 35.5. The van der Waals surface area contributed by atoms with Crippen LogP contribution in [0.3, 0.4) is 0 Å². The Kier molecular flexibility index (Phi) is 5.96. The largest absolute Gasteiger partial charge is 0.416 e. The lowest BCUT2D eigenvalue weighted by molar-refractivity contribution is -0.137. The molecule has 9 heteroatoms. The van der Waals surface area contributed by atoms with Crippen molar-refractivity contribution >= 4 is 57.6 Å². The van der Waals surface area contributed by atoms with E-state index in [1.54, 1.807) is 47.9 Å². The quantitative estimate of drug-likeness (QED) is 0.286. The maximum Gasteiger partial charge on any atom is 0.416 e. The number of thioether (sulfide) groups is 1. The van der Waals surface area contributed by atoms with Crippen LogP contribution >= 0.6 is 35.6 Å². The van der Waals surface area contributed by atoms with Crippen LogP contribution < -0.4 is 4.90 Å². The van der Waals surface area contributed by atoms with Crippen LogP contribution in [0, 0.1) is 13.8 Å². The van der Waals surface area contributed by atoms with Gasteiger partial charge in [0.05, 0.1) is 16.2 Å². The molecule has 1 aliphatic heterocycles. The highest BCUT2D eigenvalue weighted by Crippen LogP contribution is 2.37. The number of aryl methyl sites for hydroxylation is 1. The van der Waals surface area contributed by atoms with Crippen LogP contribution in [0.25, 0.3) is 11.8 Å². The van der Waals surface area contributed by atoms with Gasteiger partial charge in [-0.15, -0.1) is 0 Å². The van der Waals surface area contributed by atoms with Gasteiger partial charge >= 0.3 is 6.18 Å². The van der Waals surface area contributed by atoms with E-state index in [1.807, 2.05) is 13.0 Å². The first-order valence-electron chi connectivity index (χ1n) is 9.46. The molecule has 0 spiro atoms. The molecule has 0 aliphatic carbocycles.